The minimum absolute atomic E-state index is 0.155. The lowest BCUT2D eigenvalue weighted by molar-refractivity contribution is -0.138. The van der Waals surface area contributed by atoms with Gasteiger partial charge in [-0.15, -0.1) is 0 Å². The molecule has 35 heavy (non-hydrogen) atoms. The number of hydrogen-bond donors (Lipinski definition) is 1. The predicted octanol–water partition coefficient (Wildman–Crippen LogP) is 4.95. The number of alkyl halides is 3. The molecule has 3 aliphatic rings. The number of likely N-dealkylation sites (tertiary alicyclic amines) is 1. The number of hydrogen-bond acceptors (Lipinski definition) is 4. The highest BCUT2D eigenvalue weighted by Crippen LogP contribution is 2.49. The third-order valence-electron chi connectivity index (χ3n) is 7.25. The Hall–Kier alpha value is -3.04. The lowest BCUT2D eigenvalue weighted by Gasteiger charge is -2.24. The summed E-state index contributed by atoms with van der Waals surface area (Å²) in [6.45, 7) is 6.96. The molecule has 3 atom stereocenters. The molecule has 188 valence electrons. The van der Waals surface area contributed by atoms with Crippen molar-refractivity contribution in [1.82, 2.24) is 20.0 Å². The van der Waals surface area contributed by atoms with Gasteiger partial charge in [0.2, 0.25) is 0 Å². The smallest absolute Gasteiger partial charge is 0.416 e. The van der Waals surface area contributed by atoms with Crippen molar-refractivity contribution in [3.63, 3.8) is 0 Å². The number of carbonyl (C=O) groups excluding carboxylic acids is 2. The number of nitrogens with one attached hydrogen (secondary N) is 1. The SMILES string of the molecule is CC(C)(C)OC(=O)N1Cc2[nH]nc(C(=O)N3C[C@H]4CC(c5ccccc5C(F)(F)F)C[C@H]4C3)c2C1. The number of rotatable bonds is 2. The second-order valence-corrected chi connectivity index (χ2v) is 10.8. The van der Waals surface area contributed by atoms with Crippen molar-refractivity contribution in [3.8, 4) is 0 Å². The Labute approximate surface area is 201 Å². The number of fused-ring (bicyclic) bond motifs is 2. The Kier molecular flexibility index (Phi) is 5.60. The van der Waals surface area contributed by atoms with Crippen molar-refractivity contribution in [3.05, 3.63) is 52.3 Å². The highest BCUT2D eigenvalue weighted by Gasteiger charge is 2.46. The highest BCUT2D eigenvalue weighted by atomic mass is 19.4. The van der Waals surface area contributed by atoms with Gasteiger partial charge in [-0.3, -0.25) is 14.8 Å². The molecule has 1 N–H and O–H groups in total. The van der Waals surface area contributed by atoms with E-state index in [1.165, 1.54) is 11.0 Å². The van der Waals surface area contributed by atoms with E-state index < -0.39 is 23.4 Å². The second kappa shape index (κ2) is 8.27. The summed E-state index contributed by atoms with van der Waals surface area (Å²) in [6.07, 6.45) is -3.55. The standard InChI is InChI=1S/C25H29F3N4O3/c1-24(2,3)35-23(34)32-12-18-20(13-32)29-30-21(18)22(33)31-10-15-8-14(9-16(15)11-31)17-6-4-5-7-19(17)25(26,27)28/h4-7,14-16H,8-13H2,1-3H3,(H,29,30)/t14?,15-,16+. The third kappa shape index (κ3) is 4.50. The van der Waals surface area contributed by atoms with Gasteiger partial charge in [0.25, 0.3) is 5.91 Å². The Balaban J connectivity index is 1.24. The van der Waals surface area contributed by atoms with Gasteiger partial charge in [0.15, 0.2) is 5.69 Å². The molecule has 1 aliphatic carbocycles. The van der Waals surface area contributed by atoms with Crippen LogP contribution in [-0.2, 0) is 24.0 Å². The average molecular weight is 491 g/mol. The molecule has 1 aromatic carbocycles. The Morgan fingerprint density at radius 2 is 1.69 bits per heavy atom. The Bertz CT molecular complexity index is 1140. The summed E-state index contributed by atoms with van der Waals surface area (Å²) in [5.74, 6) is -0.0294. The highest BCUT2D eigenvalue weighted by molar-refractivity contribution is 5.94. The quantitative estimate of drug-likeness (QED) is 0.647. The minimum Gasteiger partial charge on any atom is -0.444 e. The molecule has 0 radical (unpaired) electrons. The molecule has 7 nitrogen and oxygen atoms in total. The van der Waals surface area contributed by atoms with E-state index in [0.717, 1.165) is 11.8 Å². The molecule has 0 bridgehead atoms. The monoisotopic (exact) mass is 490 g/mol. The fourth-order valence-electron chi connectivity index (χ4n) is 5.75. The zero-order valence-corrected chi connectivity index (χ0v) is 20.0. The van der Waals surface area contributed by atoms with Crippen LogP contribution in [0.15, 0.2) is 24.3 Å². The van der Waals surface area contributed by atoms with Crippen LogP contribution in [0.2, 0.25) is 0 Å². The van der Waals surface area contributed by atoms with E-state index >= 15 is 0 Å². The Morgan fingerprint density at radius 3 is 2.31 bits per heavy atom. The summed E-state index contributed by atoms with van der Waals surface area (Å²) in [5, 5.41) is 7.11. The predicted molar refractivity (Wildman–Crippen MR) is 120 cm³/mol. The Morgan fingerprint density at radius 1 is 1.03 bits per heavy atom. The van der Waals surface area contributed by atoms with E-state index in [4.69, 9.17) is 4.74 Å². The number of halogens is 3. The van der Waals surface area contributed by atoms with Crippen LogP contribution in [-0.4, -0.2) is 50.7 Å². The maximum absolute atomic E-state index is 13.5. The van der Waals surface area contributed by atoms with E-state index in [1.807, 2.05) is 0 Å². The van der Waals surface area contributed by atoms with Crippen LogP contribution in [0.5, 0.6) is 0 Å². The van der Waals surface area contributed by atoms with Crippen LogP contribution in [0.4, 0.5) is 18.0 Å². The summed E-state index contributed by atoms with van der Waals surface area (Å²) < 4.78 is 45.9. The molecule has 1 saturated carbocycles. The van der Waals surface area contributed by atoms with Crippen LogP contribution in [0.1, 0.15) is 72.4 Å². The fourth-order valence-corrected chi connectivity index (χ4v) is 5.75. The van der Waals surface area contributed by atoms with Crippen molar-refractivity contribution in [1.29, 1.82) is 0 Å². The van der Waals surface area contributed by atoms with Gasteiger partial charge >= 0.3 is 12.3 Å². The molecule has 2 aromatic rings. The molecule has 0 spiro atoms. The van der Waals surface area contributed by atoms with Crippen LogP contribution in [0, 0.1) is 11.8 Å². The second-order valence-electron chi connectivity index (χ2n) is 10.8. The molecule has 2 amide bonds. The van der Waals surface area contributed by atoms with Crippen LogP contribution in [0.3, 0.4) is 0 Å². The maximum atomic E-state index is 13.5. The average Bonchev–Trinajstić information content (AvgIpc) is 3.50. The van der Waals surface area contributed by atoms with Crippen LogP contribution < -0.4 is 0 Å². The van der Waals surface area contributed by atoms with Gasteiger partial charge < -0.3 is 9.64 Å². The number of nitrogens with zero attached hydrogens (tertiary/aromatic N) is 3. The van der Waals surface area contributed by atoms with E-state index in [2.05, 4.69) is 10.2 Å². The zero-order chi connectivity index (χ0) is 25.1. The van der Waals surface area contributed by atoms with Gasteiger partial charge in [-0.1, -0.05) is 18.2 Å². The molecular formula is C25H29F3N4O3. The molecule has 1 aromatic heterocycles. The van der Waals surface area contributed by atoms with Gasteiger partial charge in [0.05, 0.1) is 24.3 Å². The van der Waals surface area contributed by atoms with Crippen molar-refractivity contribution in [2.75, 3.05) is 13.1 Å². The number of aromatic amines is 1. The van der Waals surface area contributed by atoms with Crippen molar-refractivity contribution >= 4 is 12.0 Å². The maximum Gasteiger partial charge on any atom is 0.416 e. The number of ether oxygens (including phenoxy) is 1. The summed E-state index contributed by atoms with van der Waals surface area (Å²) in [4.78, 5) is 29.0. The first-order valence-electron chi connectivity index (χ1n) is 11.9. The molecule has 5 rings (SSSR count). The number of H-pyrrole nitrogens is 1. The van der Waals surface area contributed by atoms with Gasteiger partial charge in [0, 0.05) is 18.7 Å². The minimum atomic E-state index is -4.37. The summed E-state index contributed by atoms with van der Waals surface area (Å²) in [6, 6.07) is 5.82. The zero-order valence-electron chi connectivity index (χ0n) is 20.0. The van der Waals surface area contributed by atoms with Crippen molar-refractivity contribution in [2.45, 2.75) is 64.4 Å². The molecular weight excluding hydrogens is 461 g/mol. The molecule has 10 heteroatoms. The van der Waals surface area contributed by atoms with Gasteiger partial charge in [-0.2, -0.15) is 18.3 Å². The van der Waals surface area contributed by atoms with E-state index in [1.54, 1.807) is 37.8 Å². The van der Waals surface area contributed by atoms with E-state index in [9.17, 15) is 22.8 Å². The summed E-state index contributed by atoms with van der Waals surface area (Å²) in [5.41, 5.74) is 0.928. The van der Waals surface area contributed by atoms with Gasteiger partial charge in [-0.05, 0) is 63.0 Å². The molecule has 2 aliphatic heterocycles. The number of benzene rings is 1. The molecule has 2 fully saturated rings. The molecule has 1 unspecified atom stereocenters. The number of aromatic nitrogens is 2. The van der Waals surface area contributed by atoms with E-state index in [0.29, 0.717) is 49.3 Å². The summed E-state index contributed by atoms with van der Waals surface area (Å²) >= 11 is 0. The number of carbonyl (C=O) groups is 2. The summed E-state index contributed by atoms with van der Waals surface area (Å²) in [7, 11) is 0. The topological polar surface area (TPSA) is 78.5 Å². The first-order valence-corrected chi connectivity index (χ1v) is 11.9. The third-order valence-corrected chi connectivity index (χ3v) is 7.25. The lowest BCUT2D eigenvalue weighted by atomic mass is 9.91. The van der Waals surface area contributed by atoms with Crippen LogP contribution in [0.25, 0.3) is 0 Å². The van der Waals surface area contributed by atoms with Crippen molar-refractivity contribution < 1.29 is 27.5 Å². The van der Waals surface area contributed by atoms with Crippen molar-refractivity contribution in [2.24, 2.45) is 11.8 Å². The first kappa shape index (κ1) is 23.7. The van der Waals surface area contributed by atoms with Crippen LogP contribution >= 0.6 is 0 Å². The fraction of sp³-hybridized carbons (Fsp3) is 0.560. The first-order chi connectivity index (χ1) is 16.4. The van der Waals surface area contributed by atoms with E-state index in [-0.39, 0.29) is 30.2 Å². The van der Waals surface area contributed by atoms with Gasteiger partial charge in [-0.25, -0.2) is 4.79 Å². The molecule has 1 saturated heterocycles. The number of amides is 2. The van der Waals surface area contributed by atoms with Gasteiger partial charge in [0.1, 0.15) is 5.60 Å². The molecule has 3 heterocycles. The largest absolute Gasteiger partial charge is 0.444 e. The normalized spacial score (nSPS) is 24.0. The lowest BCUT2D eigenvalue weighted by Crippen LogP contribution is -2.34.